The predicted octanol–water partition coefficient (Wildman–Crippen LogP) is 2.94. The van der Waals surface area contributed by atoms with Gasteiger partial charge in [-0.1, -0.05) is 24.3 Å². The van der Waals surface area contributed by atoms with Crippen molar-refractivity contribution in [2.24, 2.45) is 11.1 Å². The van der Waals surface area contributed by atoms with Gasteiger partial charge in [-0.2, -0.15) is 0 Å². The van der Waals surface area contributed by atoms with Crippen LogP contribution in [0.25, 0.3) is 0 Å². The first kappa shape index (κ1) is 15.7. The maximum Gasteiger partial charge on any atom is 0.227 e. The van der Waals surface area contributed by atoms with Crippen LogP contribution >= 0.6 is 0 Å². The van der Waals surface area contributed by atoms with Gasteiger partial charge in [0.05, 0.1) is 11.5 Å². The van der Waals surface area contributed by atoms with E-state index >= 15 is 0 Å². The number of aryl methyl sites for hydroxylation is 1. The Bertz CT molecular complexity index is 458. The second-order valence-corrected chi connectivity index (χ2v) is 6.40. The summed E-state index contributed by atoms with van der Waals surface area (Å²) in [6.07, 6.45) is 0. The van der Waals surface area contributed by atoms with Crippen LogP contribution in [0.15, 0.2) is 24.3 Å². The third-order valence-electron chi connectivity index (χ3n) is 4.18. The Morgan fingerprint density at radius 3 is 2.21 bits per heavy atom. The van der Waals surface area contributed by atoms with Crippen LogP contribution in [0.5, 0.6) is 0 Å². The van der Waals surface area contributed by atoms with E-state index in [9.17, 15) is 4.79 Å². The number of rotatable bonds is 4. The number of carbonyl (C=O) groups is 1. The molecule has 0 aromatic heterocycles. The van der Waals surface area contributed by atoms with E-state index in [1.165, 1.54) is 5.56 Å². The number of amides is 1. The molecule has 1 rings (SSSR count). The zero-order valence-electron chi connectivity index (χ0n) is 12.9. The van der Waals surface area contributed by atoms with E-state index in [2.05, 4.69) is 18.3 Å². The lowest BCUT2D eigenvalue weighted by Crippen LogP contribution is -2.55. The summed E-state index contributed by atoms with van der Waals surface area (Å²) in [5.74, 6) is -0.0178. The molecule has 0 fully saturated rings. The molecule has 1 amide bonds. The van der Waals surface area contributed by atoms with Crippen molar-refractivity contribution < 1.29 is 4.79 Å². The lowest BCUT2D eigenvalue weighted by molar-refractivity contribution is -0.132. The van der Waals surface area contributed by atoms with Gasteiger partial charge < -0.3 is 11.1 Å². The molecule has 0 aliphatic heterocycles. The van der Waals surface area contributed by atoms with Gasteiger partial charge in [-0.15, -0.1) is 0 Å². The molecular formula is C16H26N2O. The normalized spacial score (nSPS) is 14.1. The zero-order valence-corrected chi connectivity index (χ0v) is 12.9. The zero-order chi connectivity index (χ0) is 14.8. The maximum atomic E-state index is 12.4. The van der Waals surface area contributed by atoms with Crippen molar-refractivity contribution in [3.63, 3.8) is 0 Å². The van der Waals surface area contributed by atoms with Crippen LogP contribution in [0.1, 0.15) is 51.8 Å². The molecule has 1 aromatic rings. The van der Waals surface area contributed by atoms with Crippen molar-refractivity contribution in [1.82, 2.24) is 5.32 Å². The van der Waals surface area contributed by atoms with E-state index in [0.717, 1.165) is 5.56 Å². The summed E-state index contributed by atoms with van der Waals surface area (Å²) in [5, 5.41) is 3.06. The minimum Gasteiger partial charge on any atom is -0.349 e. The van der Waals surface area contributed by atoms with Gasteiger partial charge in [0.25, 0.3) is 0 Å². The molecule has 3 N–H and O–H groups in total. The summed E-state index contributed by atoms with van der Waals surface area (Å²) >= 11 is 0. The molecule has 0 bridgehead atoms. The Labute approximate surface area is 116 Å². The Morgan fingerprint density at radius 2 is 1.74 bits per heavy atom. The third-order valence-corrected chi connectivity index (χ3v) is 4.18. The highest BCUT2D eigenvalue weighted by atomic mass is 16.2. The fraction of sp³-hybridized carbons (Fsp3) is 0.562. The van der Waals surface area contributed by atoms with E-state index < -0.39 is 11.0 Å². The first-order valence-corrected chi connectivity index (χ1v) is 6.72. The fourth-order valence-electron chi connectivity index (χ4n) is 1.82. The molecule has 106 valence electrons. The molecule has 3 heteroatoms. The minimum atomic E-state index is -0.621. The summed E-state index contributed by atoms with van der Waals surface area (Å²) in [6.45, 7) is 11.6. The molecule has 0 aliphatic rings. The van der Waals surface area contributed by atoms with Crippen molar-refractivity contribution in [1.29, 1.82) is 0 Å². The van der Waals surface area contributed by atoms with Gasteiger partial charge in [-0.25, -0.2) is 0 Å². The molecule has 1 aromatic carbocycles. The van der Waals surface area contributed by atoms with Gasteiger partial charge in [-0.3, -0.25) is 4.79 Å². The number of benzene rings is 1. The number of nitrogens with two attached hydrogens (primary N) is 1. The van der Waals surface area contributed by atoms with Gasteiger partial charge in [0, 0.05) is 5.54 Å². The molecule has 0 saturated heterocycles. The molecular weight excluding hydrogens is 236 g/mol. The second-order valence-electron chi connectivity index (χ2n) is 6.40. The van der Waals surface area contributed by atoms with E-state index in [1.54, 1.807) is 0 Å². The van der Waals surface area contributed by atoms with Crippen LogP contribution in [-0.2, 0) is 4.79 Å². The second kappa shape index (κ2) is 5.33. The molecule has 3 nitrogen and oxygen atoms in total. The van der Waals surface area contributed by atoms with Crippen LogP contribution < -0.4 is 11.1 Å². The highest BCUT2D eigenvalue weighted by Crippen LogP contribution is 2.29. The standard InChI is InChI=1S/C16H26N2O/c1-11-9-7-8-10-13(11)12(2)18-14(19)15(3,4)16(5,6)17/h7-10,12H,17H2,1-6H3,(H,18,19). The SMILES string of the molecule is Cc1ccccc1C(C)NC(=O)C(C)(C)C(C)(C)N. The van der Waals surface area contributed by atoms with Crippen LogP contribution in [0, 0.1) is 12.3 Å². The molecule has 0 aliphatic carbocycles. The van der Waals surface area contributed by atoms with E-state index in [1.807, 2.05) is 52.8 Å². The predicted molar refractivity (Wildman–Crippen MR) is 79.8 cm³/mol. The van der Waals surface area contributed by atoms with Crippen LogP contribution in [0.2, 0.25) is 0 Å². The minimum absolute atomic E-state index is 0.0178. The van der Waals surface area contributed by atoms with Crippen molar-refractivity contribution >= 4 is 5.91 Å². The van der Waals surface area contributed by atoms with Gasteiger partial charge in [-0.05, 0) is 52.7 Å². The van der Waals surface area contributed by atoms with E-state index in [0.29, 0.717) is 0 Å². The Kier molecular flexibility index (Phi) is 4.41. The lowest BCUT2D eigenvalue weighted by Gasteiger charge is -2.37. The van der Waals surface area contributed by atoms with Crippen LogP contribution in [0.4, 0.5) is 0 Å². The fourth-order valence-corrected chi connectivity index (χ4v) is 1.82. The third kappa shape index (κ3) is 3.35. The van der Waals surface area contributed by atoms with Gasteiger partial charge in [0.2, 0.25) is 5.91 Å². The number of carbonyl (C=O) groups excluding carboxylic acids is 1. The quantitative estimate of drug-likeness (QED) is 0.876. The summed E-state index contributed by atoms with van der Waals surface area (Å²) < 4.78 is 0. The molecule has 0 saturated carbocycles. The summed E-state index contributed by atoms with van der Waals surface area (Å²) in [7, 11) is 0. The summed E-state index contributed by atoms with van der Waals surface area (Å²) in [5.41, 5.74) is 7.23. The average Bonchev–Trinajstić information content (AvgIpc) is 2.27. The molecule has 19 heavy (non-hydrogen) atoms. The highest BCUT2D eigenvalue weighted by Gasteiger charge is 2.40. The van der Waals surface area contributed by atoms with Gasteiger partial charge >= 0.3 is 0 Å². The number of hydrogen-bond acceptors (Lipinski definition) is 2. The molecule has 1 atom stereocenters. The molecule has 0 radical (unpaired) electrons. The number of nitrogens with one attached hydrogen (secondary N) is 1. The highest BCUT2D eigenvalue weighted by molar-refractivity contribution is 5.83. The first-order chi connectivity index (χ1) is 8.57. The molecule has 0 spiro atoms. The maximum absolute atomic E-state index is 12.4. The summed E-state index contributed by atoms with van der Waals surface area (Å²) in [6, 6.07) is 8.07. The van der Waals surface area contributed by atoms with Crippen LogP contribution in [0.3, 0.4) is 0 Å². The number of hydrogen-bond donors (Lipinski definition) is 2. The van der Waals surface area contributed by atoms with E-state index in [-0.39, 0.29) is 11.9 Å². The van der Waals surface area contributed by atoms with Crippen molar-refractivity contribution in [3.05, 3.63) is 35.4 Å². The first-order valence-electron chi connectivity index (χ1n) is 6.72. The van der Waals surface area contributed by atoms with Crippen molar-refractivity contribution in [2.75, 3.05) is 0 Å². The largest absolute Gasteiger partial charge is 0.349 e. The monoisotopic (exact) mass is 262 g/mol. The molecule has 1 unspecified atom stereocenters. The van der Waals surface area contributed by atoms with E-state index in [4.69, 9.17) is 5.73 Å². The summed E-state index contributed by atoms with van der Waals surface area (Å²) in [4.78, 5) is 12.4. The average molecular weight is 262 g/mol. The molecule has 0 heterocycles. The Balaban J connectivity index is 2.87. The smallest absolute Gasteiger partial charge is 0.227 e. The Hall–Kier alpha value is -1.35. The van der Waals surface area contributed by atoms with Crippen molar-refractivity contribution in [2.45, 2.75) is 53.1 Å². The Morgan fingerprint density at radius 1 is 1.21 bits per heavy atom. The topological polar surface area (TPSA) is 55.1 Å². The lowest BCUT2D eigenvalue weighted by atomic mass is 9.74. The van der Waals surface area contributed by atoms with Gasteiger partial charge in [0.15, 0.2) is 0 Å². The van der Waals surface area contributed by atoms with Crippen LogP contribution in [-0.4, -0.2) is 11.4 Å². The van der Waals surface area contributed by atoms with Gasteiger partial charge in [0.1, 0.15) is 0 Å². The van der Waals surface area contributed by atoms with Crippen molar-refractivity contribution in [3.8, 4) is 0 Å².